The number of ether oxygens (including phenoxy) is 1. The smallest absolute Gasteiger partial charge is 0.320 e. The van der Waals surface area contributed by atoms with Gasteiger partial charge in [0.2, 0.25) is 0 Å². The van der Waals surface area contributed by atoms with Gasteiger partial charge in [-0.3, -0.25) is 9.69 Å². The molecule has 0 aromatic heterocycles. The molecule has 2 atom stereocenters. The van der Waals surface area contributed by atoms with Crippen molar-refractivity contribution in [1.82, 2.24) is 4.90 Å². The maximum atomic E-state index is 12.0. The zero-order chi connectivity index (χ0) is 16.2. The van der Waals surface area contributed by atoms with Gasteiger partial charge in [0.15, 0.2) is 0 Å². The van der Waals surface area contributed by atoms with Crippen molar-refractivity contribution < 1.29 is 9.53 Å². The molecule has 0 bridgehead atoms. The topological polar surface area (TPSA) is 29.5 Å². The van der Waals surface area contributed by atoms with E-state index < -0.39 is 0 Å². The fourth-order valence-corrected chi connectivity index (χ4v) is 3.69. The minimum atomic E-state index is -0.152. The van der Waals surface area contributed by atoms with Crippen LogP contribution in [0.15, 0.2) is 60.7 Å². The van der Waals surface area contributed by atoms with Crippen molar-refractivity contribution in [3.8, 4) is 0 Å². The fourth-order valence-electron chi connectivity index (χ4n) is 3.69. The molecule has 3 rings (SSSR count). The molecule has 120 valence electrons. The number of esters is 1. The van der Waals surface area contributed by atoms with Gasteiger partial charge in [-0.2, -0.15) is 0 Å². The Morgan fingerprint density at radius 2 is 1.43 bits per heavy atom. The third-order valence-electron chi connectivity index (χ3n) is 4.61. The van der Waals surface area contributed by atoms with Crippen LogP contribution in [0.1, 0.15) is 37.1 Å². The molecular weight excluding hydrogens is 286 g/mol. The summed E-state index contributed by atoms with van der Waals surface area (Å²) in [5.74, 6) is 0.301. The summed E-state index contributed by atoms with van der Waals surface area (Å²) in [6.45, 7) is 4.86. The van der Waals surface area contributed by atoms with Crippen LogP contribution in [0.3, 0.4) is 0 Å². The number of carbonyl (C=O) groups excluding carboxylic acids is 1. The van der Waals surface area contributed by atoms with Gasteiger partial charge < -0.3 is 4.74 Å². The lowest BCUT2D eigenvalue weighted by atomic mass is 9.74. The normalized spacial score (nSPS) is 21.7. The molecule has 23 heavy (non-hydrogen) atoms. The van der Waals surface area contributed by atoms with Crippen LogP contribution in [0, 0.1) is 5.92 Å². The van der Waals surface area contributed by atoms with E-state index in [9.17, 15) is 4.79 Å². The Labute approximate surface area is 137 Å². The molecular formula is C20H23NO2. The number of likely N-dealkylation sites (tertiary alicyclic amines) is 1. The second-order valence-corrected chi connectivity index (χ2v) is 6.05. The fraction of sp³-hybridized carbons (Fsp3) is 0.350. The summed E-state index contributed by atoms with van der Waals surface area (Å²) in [5, 5.41) is 0. The van der Waals surface area contributed by atoms with E-state index in [1.165, 1.54) is 11.1 Å². The zero-order valence-electron chi connectivity index (χ0n) is 13.7. The summed E-state index contributed by atoms with van der Waals surface area (Å²) >= 11 is 0. The Hall–Kier alpha value is -2.13. The Morgan fingerprint density at radius 3 is 1.87 bits per heavy atom. The van der Waals surface area contributed by atoms with E-state index in [4.69, 9.17) is 4.74 Å². The van der Waals surface area contributed by atoms with Crippen LogP contribution in [-0.2, 0) is 9.53 Å². The largest absolute Gasteiger partial charge is 0.465 e. The first-order valence-corrected chi connectivity index (χ1v) is 8.23. The first kappa shape index (κ1) is 15.8. The standard InChI is InChI=1S/C20H23NO2/c1-3-23-18(22)14-21-19(16-10-6-4-7-11-16)15(2)20(21)17-12-8-5-9-13-17/h4-13,15,19-20H,3,14H2,1-2H3/t19-,20-/m1/s1. The minimum absolute atomic E-state index is 0.152. The Morgan fingerprint density at radius 1 is 0.957 bits per heavy atom. The summed E-state index contributed by atoms with van der Waals surface area (Å²) < 4.78 is 5.17. The van der Waals surface area contributed by atoms with Crippen molar-refractivity contribution >= 4 is 5.97 Å². The molecule has 1 fully saturated rings. The van der Waals surface area contributed by atoms with Crippen LogP contribution in [0.25, 0.3) is 0 Å². The molecule has 3 nitrogen and oxygen atoms in total. The highest BCUT2D eigenvalue weighted by Crippen LogP contribution is 2.52. The van der Waals surface area contributed by atoms with Gasteiger partial charge in [-0.25, -0.2) is 0 Å². The van der Waals surface area contributed by atoms with Crippen LogP contribution in [0.4, 0.5) is 0 Å². The lowest BCUT2D eigenvalue weighted by Gasteiger charge is -2.54. The van der Waals surface area contributed by atoms with Crippen molar-refractivity contribution in [2.45, 2.75) is 25.9 Å². The van der Waals surface area contributed by atoms with Gasteiger partial charge in [0.25, 0.3) is 0 Å². The molecule has 2 aromatic carbocycles. The molecule has 1 heterocycles. The van der Waals surface area contributed by atoms with E-state index in [0.717, 1.165) is 0 Å². The SMILES string of the molecule is CCOC(=O)CN1[C@@H](c2ccccc2)C(C)[C@@H]1c1ccccc1. The van der Waals surface area contributed by atoms with Crippen LogP contribution < -0.4 is 0 Å². The Balaban J connectivity index is 1.87. The molecule has 1 saturated heterocycles. The predicted octanol–water partition coefficient (Wildman–Crippen LogP) is 3.98. The number of rotatable bonds is 5. The zero-order valence-corrected chi connectivity index (χ0v) is 13.7. The summed E-state index contributed by atoms with van der Waals surface area (Å²) in [7, 11) is 0. The highest BCUT2D eigenvalue weighted by atomic mass is 16.5. The molecule has 1 aliphatic rings. The van der Waals surface area contributed by atoms with Crippen molar-refractivity contribution in [1.29, 1.82) is 0 Å². The third kappa shape index (κ3) is 3.15. The third-order valence-corrected chi connectivity index (χ3v) is 4.61. The monoisotopic (exact) mass is 309 g/mol. The number of hydrogen-bond acceptors (Lipinski definition) is 3. The number of carbonyl (C=O) groups is 1. The molecule has 2 aromatic rings. The quantitative estimate of drug-likeness (QED) is 0.782. The van der Waals surface area contributed by atoms with Crippen molar-refractivity contribution in [2.24, 2.45) is 5.92 Å². The van der Waals surface area contributed by atoms with Gasteiger partial charge in [-0.05, 0) is 24.0 Å². The van der Waals surface area contributed by atoms with Crippen LogP contribution in [0.2, 0.25) is 0 Å². The molecule has 0 N–H and O–H groups in total. The lowest BCUT2D eigenvalue weighted by molar-refractivity contribution is -0.152. The van der Waals surface area contributed by atoms with Gasteiger partial charge in [0.05, 0.1) is 13.2 Å². The van der Waals surface area contributed by atoms with Gasteiger partial charge in [-0.1, -0.05) is 67.6 Å². The number of nitrogens with zero attached hydrogens (tertiary/aromatic N) is 1. The van der Waals surface area contributed by atoms with E-state index >= 15 is 0 Å². The first-order valence-electron chi connectivity index (χ1n) is 8.23. The molecule has 0 aliphatic carbocycles. The van der Waals surface area contributed by atoms with Crippen molar-refractivity contribution in [2.75, 3.05) is 13.2 Å². The summed E-state index contributed by atoms with van der Waals surface area (Å²) in [6, 6.07) is 21.3. The van der Waals surface area contributed by atoms with Crippen molar-refractivity contribution in [3.63, 3.8) is 0 Å². The van der Waals surface area contributed by atoms with Gasteiger partial charge in [0, 0.05) is 12.1 Å². The molecule has 0 unspecified atom stereocenters. The summed E-state index contributed by atoms with van der Waals surface area (Å²) in [4.78, 5) is 14.3. The van der Waals surface area contributed by atoms with E-state index in [0.29, 0.717) is 19.1 Å². The van der Waals surface area contributed by atoms with E-state index in [1.807, 2.05) is 19.1 Å². The lowest BCUT2D eigenvalue weighted by Crippen LogP contribution is -2.53. The van der Waals surface area contributed by atoms with Gasteiger partial charge >= 0.3 is 5.97 Å². The molecule has 0 saturated carbocycles. The van der Waals surface area contributed by atoms with Crippen LogP contribution >= 0.6 is 0 Å². The van der Waals surface area contributed by atoms with Crippen LogP contribution in [0.5, 0.6) is 0 Å². The predicted molar refractivity (Wildman–Crippen MR) is 90.9 cm³/mol. The van der Waals surface area contributed by atoms with Crippen LogP contribution in [-0.4, -0.2) is 24.0 Å². The molecule has 3 heteroatoms. The number of hydrogen-bond donors (Lipinski definition) is 0. The Kier molecular flexibility index (Phi) is 4.77. The average Bonchev–Trinajstić information content (AvgIpc) is 2.57. The molecule has 0 spiro atoms. The summed E-state index contributed by atoms with van der Waals surface area (Å²) in [5.41, 5.74) is 2.52. The maximum Gasteiger partial charge on any atom is 0.320 e. The second-order valence-electron chi connectivity index (χ2n) is 6.05. The Bertz CT molecular complexity index is 594. The van der Waals surface area contributed by atoms with Gasteiger partial charge in [-0.15, -0.1) is 0 Å². The number of benzene rings is 2. The summed E-state index contributed by atoms with van der Waals surface area (Å²) in [6.07, 6.45) is 0. The minimum Gasteiger partial charge on any atom is -0.465 e. The highest BCUT2D eigenvalue weighted by molar-refractivity contribution is 5.72. The molecule has 0 radical (unpaired) electrons. The second kappa shape index (κ2) is 6.97. The first-order chi connectivity index (χ1) is 11.2. The van der Waals surface area contributed by atoms with E-state index in [2.05, 4.69) is 60.4 Å². The maximum absolute atomic E-state index is 12.0. The van der Waals surface area contributed by atoms with E-state index in [1.54, 1.807) is 0 Å². The molecule has 1 aliphatic heterocycles. The van der Waals surface area contributed by atoms with E-state index in [-0.39, 0.29) is 18.1 Å². The average molecular weight is 309 g/mol. The molecule has 0 amide bonds. The van der Waals surface area contributed by atoms with Gasteiger partial charge in [0.1, 0.15) is 0 Å². The van der Waals surface area contributed by atoms with Crippen molar-refractivity contribution in [3.05, 3.63) is 71.8 Å². The highest BCUT2D eigenvalue weighted by Gasteiger charge is 2.47.